The number of nitrogens with one attached hydrogen (secondary N) is 1. The predicted molar refractivity (Wildman–Crippen MR) is 96.4 cm³/mol. The molecule has 1 N–H and O–H groups in total. The number of nitrogens with zero attached hydrogens (tertiary/aromatic N) is 5. The van der Waals surface area contributed by atoms with Crippen LogP contribution in [0.25, 0.3) is 0 Å². The highest BCUT2D eigenvalue weighted by atomic mass is 16.6. The van der Waals surface area contributed by atoms with Crippen LogP contribution in [0, 0.1) is 19.8 Å². The van der Waals surface area contributed by atoms with Gasteiger partial charge in [-0.25, -0.2) is 4.63 Å². The Balaban J connectivity index is 1.35. The van der Waals surface area contributed by atoms with E-state index >= 15 is 0 Å². The van der Waals surface area contributed by atoms with Crippen LogP contribution in [-0.4, -0.2) is 49.9 Å². The van der Waals surface area contributed by atoms with E-state index in [1.54, 1.807) is 11.6 Å². The van der Waals surface area contributed by atoms with Gasteiger partial charge in [-0.1, -0.05) is 10.3 Å². The van der Waals surface area contributed by atoms with Gasteiger partial charge in [0.15, 0.2) is 0 Å². The predicted octanol–water partition coefficient (Wildman–Crippen LogP) is 1.22. The molecule has 0 aromatic carbocycles. The Kier molecular flexibility index (Phi) is 6.20. The maximum atomic E-state index is 12.4. The molecule has 0 spiro atoms. The second-order valence-electron chi connectivity index (χ2n) is 7.07. The number of amides is 2. The smallest absolute Gasteiger partial charge is 0.224 e. The first-order valence-corrected chi connectivity index (χ1v) is 9.34. The average molecular weight is 374 g/mol. The van der Waals surface area contributed by atoms with Crippen molar-refractivity contribution < 1.29 is 14.2 Å². The van der Waals surface area contributed by atoms with Crippen molar-refractivity contribution in [3.8, 4) is 0 Å². The molecular formula is C18H26N6O3. The van der Waals surface area contributed by atoms with Crippen LogP contribution in [0.15, 0.2) is 16.9 Å². The van der Waals surface area contributed by atoms with Crippen LogP contribution in [0.1, 0.15) is 42.8 Å². The number of carbonyl (C=O) groups is 2. The minimum atomic E-state index is -0.00349. The zero-order valence-electron chi connectivity index (χ0n) is 15.8. The highest BCUT2D eigenvalue weighted by Gasteiger charge is 2.24. The van der Waals surface area contributed by atoms with E-state index in [9.17, 15) is 9.59 Å². The summed E-state index contributed by atoms with van der Waals surface area (Å²) >= 11 is 0. The van der Waals surface area contributed by atoms with Crippen molar-refractivity contribution in [3.05, 3.63) is 29.3 Å². The molecule has 2 aromatic rings. The number of hydrogen-bond donors (Lipinski definition) is 1. The lowest BCUT2D eigenvalue weighted by atomic mass is 9.93. The fourth-order valence-corrected chi connectivity index (χ4v) is 3.27. The second-order valence-corrected chi connectivity index (χ2v) is 7.07. The van der Waals surface area contributed by atoms with E-state index in [2.05, 4.69) is 25.4 Å². The molecule has 3 rings (SSSR count). The summed E-state index contributed by atoms with van der Waals surface area (Å²) in [5, 5.41) is 14.6. The third kappa shape index (κ3) is 5.38. The van der Waals surface area contributed by atoms with Gasteiger partial charge >= 0.3 is 0 Å². The maximum Gasteiger partial charge on any atom is 0.224 e. The molecule has 1 saturated heterocycles. The fraction of sp³-hybridized carbons (Fsp3) is 0.611. The highest BCUT2D eigenvalue weighted by Crippen LogP contribution is 2.21. The molecule has 0 atom stereocenters. The lowest BCUT2D eigenvalue weighted by Crippen LogP contribution is -2.40. The van der Waals surface area contributed by atoms with Gasteiger partial charge in [0.05, 0.1) is 12.2 Å². The van der Waals surface area contributed by atoms with E-state index in [0.717, 1.165) is 18.5 Å². The van der Waals surface area contributed by atoms with Crippen molar-refractivity contribution in [1.29, 1.82) is 0 Å². The number of aromatic nitrogens is 4. The first-order chi connectivity index (χ1) is 13.0. The Morgan fingerprint density at radius 1 is 1.26 bits per heavy atom. The number of aryl methyl sites for hydroxylation is 3. The van der Waals surface area contributed by atoms with Crippen LogP contribution in [0.3, 0.4) is 0 Å². The van der Waals surface area contributed by atoms with Crippen molar-refractivity contribution in [1.82, 2.24) is 30.3 Å². The largest absolute Gasteiger partial charge is 0.350 e. The van der Waals surface area contributed by atoms with Crippen LogP contribution in [0.2, 0.25) is 0 Å². The van der Waals surface area contributed by atoms with E-state index in [0.29, 0.717) is 56.3 Å². The van der Waals surface area contributed by atoms with Crippen molar-refractivity contribution >= 4 is 11.8 Å². The zero-order valence-corrected chi connectivity index (χ0v) is 15.8. The first kappa shape index (κ1) is 19.1. The van der Waals surface area contributed by atoms with Crippen LogP contribution < -0.4 is 5.32 Å². The Labute approximate surface area is 158 Å². The molecule has 0 bridgehead atoms. The quantitative estimate of drug-likeness (QED) is 0.781. The van der Waals surface area contributed by atoms with Crippen LogP contribution >= 0.6 is 0 Å². The Hall–Kier alpha value is -2.71. The van der Waals surface area contributed by atoms with Gasteiger partial charge in [0, 0.05) is 38.7 Å². The van der Waals surface area contributed by atoms with Gasteiger partial charge in [-0.05, 0) is 38.7 Å². The molecule has 3 heterocycles. The van der Waals surface area contributed by atoms with Crippen molar-refractivity contribution in [2.45, 2.75) is 52.6 Å². The Bertz CT molecular complexity index is 776. The minimum Gasteiger partial charge on any atom is -0.350 e. The van der Waals surface area contributed by atoms with Crippen molar-refractivity contribution in [2.24, 2.45) is 5.92 Å². The molecule has 0 saturated carbocycles. The van der Waals surface area contributed by atoms with E-state index in [4.69, 9.17) is 0 Å². The molecule has 9 nitrogen and oxygen atoms in total. The summed E-state index contributed by atoms with van der Waals surface area (Å²) in [5.74, 6) is 0.454. The van der Waals surface area contributed by atoms with Gasteiger partial charge in [-0.3, -0.25) is 14.3 Å². The SMILES string of the molecule is Cc1ccn(CCC(=O)N2CCC(CC(=O)NCc3nonc3C)CC2)n1. The van der Waals surface area contributed by atoms with Crippen LogP contribution in [0.5, 0.6) is 0 Å². The second kappa shape index (κ2) is 8.79. The number of carbonyl (C=O) groups excluding carboxylic acids is 2. The lowest BCUT2D eigenvalue weighted by Gasteiger charge is -2.31. The Morgan fingerprint density at radius 3 is 2.67 bits per heavy atom. The molecule has 1 aliphatic rings. The lowest BCUT2D eigenvalue weighted by molar-refractivity contribution is -0.133. The van der Waals surface area contributed by atoms with E-state index < -0.39 is 0 Å². The summed E-state index contributed by atoms with van der Waals surface area (Å²) in [7, 11) is 0. The van der Waals surface area contributed by atoms with E-state index in [1.165, 1.54) is 0 Å². The molecule has 0 aliphatic carbocycles. The molecule has 27 heavy (non-hydrogen) atoms. The molecule has 2 aromatic heterocycles. The molecule has 1 fully saturated rings. The van der Waals surface area contributed by atoms with Gasteiger partial charge in [-0.15, -0.1) is 0 Å². The third-order valence-corrected chi connectivity index (χ3v) is 4.97. The highest BCUT2D eigenvalue weighted by molar-refractivity contribution is 5.77. The zero-order chi connectivity index (χ0) is 19.2. The summed E-state index contributed by atoms with van der Waals surface area (Å²) in [4.78, 5) is 26.4. The Morgan fingerprint density at radius 2 is 2.04 bits per heavy atom. The molecule has 2 amide bonds. The van der Waals surface area contributed by atoms with Crippen molar-refractivity contribution in [3.63, 3.8) is 0 Å². The molecule has 9 heteroatoms. The monoisotopic (exact) mass is 374 g/mol. The topological polar surface area (TPSA) is 106 Å². The molecule has 0 unspecified atom stereocenters. The minimum absolute atomic E-state index is 0.00349. The van der Waals surface area contributed by atoms with Crippen LogP contribution in [0.4, 0.5) is 0 Å². The van der Waals surface area contributed by atoms with Gasteiger partial charge in [0.1, 0.15) is 11.4 Å². The average Bonchev–Trinajstić information content (AvgIpc) is 3.26. The normalized spacial score (nSPS) is 15.1. The fourth-order valence-electron chi connectivity index (χ4n) is 3.27. The maximum absolute atomic E-state index is 12.4. The third-order valence-electron chi connectivity index (χ3n) is 4.97. The van der Waals surface area contributed by atoms with Gasteiger partial charge < -0.3 is 10.2 Å². The molecule has 1 aliphatic heterocycles. The van der Waals surface area contributed by atoms with E-state index in [-0.39, 0.29) is 11.8 Å². The van der Waals surface area contributed by atoms with Gasteiger partial charge in [0.2, 0.25) is 11.8 Å². The number of hydrogen-bond acceptors (Lipinski definition) is 6. The summed E-state index contributed by atoms with van der Waals surface area (Å²) in [6, 6.07) is 1.93. The number of likely N-dealkylation sites (tertiary alicyclic amines) is 1. The molecule has 146 valence electrons. The standard InChI is InChI=1S/C18H26N6O3/c1-13-3-9-24(20-13)10-6-18(26)23-7-4-15(5-8-23)11-17(25)19-12-16-14(2)21-27-22-16/h3,9,15H,4-8,10-12H2,1-2H3,(H,19,25). The number of piperidine rings is 1. The first-order valence-electron chi connectivity index (χ1n) is 9.34. The summed E-state index contributed by atoms with van der Waals surface area (Å²) in [6.45, 7) is 6.08. The number of rotatable bonds is 7. The molecule has 0 radical (unpaired) electrons. The molecular weight excluding hydrogens is 348 g/mol. The van der Waals surface area contributed by atoms with Gasteiger partial charge in [-0.2, -0.15) is 5.10 Å². The van der Waals surface area contributed by atoms with Crippen molar-refractivity contribution in [2.75, 3.05) is 13.1 Å². The van der Waals surface area contributed by atoms with Gasteiger partial charge in [0.25, 0.3) is 0 Å². The summed E-state index contributed by atoms with van der Waals surface area (Å²) < 4.78 is 6.42. The summed E-state index contributed by atoms with van der Waals surface area (Å²) in [5.41, 5.74) is 2.29. The summed E-state index contributed by atoms with van der Waals surface area (Å²) in [6.07, 6.45) is 4.52. The van der Waals surface area contributed by atoms with Crippen LogP contribution in [-0.2, 0) is 22.7 Å². The van der Waals surface area contributed by atoms with E-state index in [1.807, 2.05) is 24.1 Å².